The van der Waals surface area contributed by atoms with Gasteiger partial charge in [-0.1, -0.05) is 22.9 Å². The molecule has 0 fully saturated rings. The number of carbonyl (C=O) groups excluding carboxylic acids is 1. The number of hydrogen-bond donors (Lipinski definition) is 0. The first-order valence-electron chi connectivity index (χ1n) is 11.8. The van der Waals surface area contributed by atoms with Crippen LogP contribution in [0, 0.1) is 20.8 Å². The van der Waals surface area contributed by atoms with E-state index in [1.807, 2.05) is 43.7 Å². The number of sulfone groups is 1. The van der Waals surface area contributed by atoms with Gasteiger partial charge in [0.2, 0.25) is 5.91 Å². The Hall–Kier alpha value is -2.95. The first-order valence-corrected chi connectivity index (χ1v) is 14.7. The van der Waals surface area contributed by atoms with Gasteiger partial charge in [0.15, 0.2) is 15.0 Å². The molecule has 8 nitrogen and oxygen atoms in total. The minimum Gasteiger partial charge on any atom is -0.497 e. The number of aromatic nitrogens is 3. The average Bonchev–Trinajstić information content (AvgIpc) is 3.41. The van der Waals surface area contributed by atoms with E-state index in [1.54, 1.807) is 17.0 Å². The lowest BCUT2D eigenvalue weighted by Crippen LogP contribution is -2.34. The summed E-state index contributed by atoms with van der Waals surface area (Å²) in [5.74, 6) is 0.263. The quantitative estimate of drug-likeness (QED) is 0.259. The second-order valence-corrected chi connectivity index (χ2v) is 12.4. The molecule has 0 bridgehead atoms. The van der Waals surface area contributed by atoms with Crippen LogP contribution in [0.2, 0.25) is 5.02 Å². The largest absolute Gasteiger partial charge is 0.497 e. The summed E-state index contributed by atoms with van der Waals surface area (Å²) in [5.41, 5.74) is 3.64. The number of amides is 1. The molecule has 0 spiro atoms. The third-order valence-corrected chi connectivity index (χ3v) is 9.09. The number of benzene rings is 2. The van der Waals surface area contributed by atoms with Crippen molar-refractivity contribution in [2.24, 2.45) is 0 Å². The van der Waals surface area contributed by atoms with Crippen molar-refractivity contribution in [2.45, 2.75) is 45.1 Å². The van der Waals surface area contributed by atoms with Crippen LogP contribution in [0.3, 0.4) is 0 Å². The molecule has 0 unspecified atom stereocenters. The SMILES string of the molecule is COc1ccc(S(=O)(=O)CCCC(=O)N(CCn2nc(C)cc2C)c2nc3c(C)cc(Cl)cc3s2)cc1. The fraction of sp³-hybridized carbons (Fsp3) is 0.346. The van der Waals surface area contributed by atoms with Crippen molar-refractivity contribution in [2.75, 3.05) is 24.3 Å². The van der Waals surface area contributed by atoms with Gasteiger partial charge in [-0.05, 0) is 75.2 Å². The molecule has 1 amide bonds. The number of aryl methyl sites for hydroxylation is 3. The molecular weight excluding hydrogens is 532 g/mol. The van der Waals surface area contributed by atoms with Crippen LogP contribution in [0.1, 0.15) is 29.8 Å². The summed E-state index contributed by atoms with van der Waals surface area (Å²) in [6.07, 6.45) is 0.265. The van der Waals surface area contributed by atoms with Crippen molar-refractivity contribution in [1.29, 1.82) is 0 Å². The van der Waals surface area contributed by atoms with Gasteiger partial charge in [-0.3, -0.25) is 14.4 Å². The minimum atomic E-state index is -3.53. The highest BCUT2D eigenvalue weighted by molar-refractivity contribution is 7.91. The first kappa shape index (κ1) is 27.1. The molecule has 11 heteroatoms. The van der Waals surface area contributed by atoms with Crippen molar-refractivity contribution < 1.29 is 17.9 Å². The van der Waals surface area contributed by atoms with Gasteiger partial charge in [0.25, 0.3) is 0 Å². The molecule has 0 atom stereocenters. The van der Waals surface area contributed by atoms with E-state index in [1.165, 1.54) is 30.6 Å². The first-order chi connectivity index (χ1) is 17.6. The topological polar surface area (TPSA) is 94.4 Å². The predicted octanol–water partition coefficient (Wildman–Crippen LogP) is 5.37. The van der Waals surface area contributed by atoms with Gasteiger partial charge in [-0.25, -0.2) is 13.4 Å². The van der Waals surface area contributed by atoms with E-state index in [9.17, 15) is 13.2 Å². The molecule has 196 valence electrons. The monoisotopic (exact) mass is 560 g/mol. The minimum absolute atomic E-state index is 0.0716. The van der Waals surface area contributed by atoms with E-state index in [0.717, 1.165) is 27.2 Å². The Kier molecular flexibility index (Phi) is 8.20. The van der Waals surface area contributed by atoms with Gasteiger partial charge in [0.1, 0.15) is 5.75 Å². The highest BCUT2D eigenvalue weighted by Gasteiger charge is 2.22. The Labute approximate surface area is 225 Å². The van der Waals surface area contributed by atoms with Crippen LogP contribution < -0.4 is 9.64 Å². The number of fused-ring (bicyclic) bond motifs is 1. The van der Waals surface area contributed by atoms with Crippen molar-refractivity contribution in [1.82, 2.24) is 14.8 Å². The zero-order valence-corrected chi connectivity index (χ0v) is 23.6. The molecule has 4 aromatic rings. The second-order valence-electron chi connectivity index (χ2n) is 8.86. The van der Waals surface area contributed by atoms with Gasteiger partial charge in [-0.15, -0.1) is 0 Å². The number of carbonyl (C=O) groups is 1. The Morgan fingerprint density at radius 3 is 2.51 bits per heavy atom. The number of anilines is 1. The van der Waals surface area contributed by atoms with Crippen LogP contribution in [0.15, 0.2) is 47.4 Å². The Morgan fingerprint density at radius 1 is 1.14 bits per heavy atom. The Bertz CT molecular complexity index is 1530. The molecule has 0 radical (unpaired) electrons. The number of ether oxygens (including phenoxy) is 1. The van der Waals surface area contributed by atoms with Gasteiger partial charge in [-0.2, -0.15) is 5.10 Å². The van der Waals surface area contributed by atoms with Crippen molar-refractivity contribution >= 4 is 54.0 Å². The smallest absolute Gasteiger partial charge is 0.228 e. The molecule has 37 heavy (non-hydrogen) atoms. The standard InChI is InChI=1S/C26H29ClN4O4S2/c1-17-14-20(27)16-23-25(17)28-26(36-23)30(11-12-31-19(3)15-18(2)29-31)24(32)6-5-13-37(33,34)22-9-7-21(35-4)8-10-22/h7-10,14-16H,5-6,11-13H2,1-4H3. The van der Waals surface area contributed by atoms with Crippen LogP contribution >= 0.6 is 22.9 Å². The van der Waals surface area contributed by atoms with Crippen LogP contribution in [-0.2, 0) is 21.2 Å². The van der Waals surface area contributed by atoms with E-state index in [2.05, 4.69) is 5.10 Å². The lowest BCUT2D eigenvalue weighted by molar-refractivity contribution is -0.118. The van der Waals surface area contributed by atoms with Crippen molar-refractivity contribution in [3.8, 4) is 5.75 Å². The fourth-order valence-corrected chi connectivity index (χ4v) is 6.90. The van der Waals surface area contributed by atoms with Crippen molar-refractivity contribution in [3.05, 3.63) is 64.4 Å². The third kappa shape index (κ3) is 6.31. The summed E-state index contributed by atoms with van der Waals surface area (Å²) in [7, 11) is -2.00. The third-order valence-electron chi connectivity index (χ3n) is 6.03. The maximum absolute atomic E-state index is 13.4. The van der Waals surface area contributed by atoms with E-state index in [0.29, 0.717) is 29.0 Å². The molecule has 0 aliphatic carbocycles. The number of methoxy groups -OCH3 is 1. The zero-order chi connectivity index (χ0) is 26.7. The maximum Gasteiger partial charge on any atom is 0.228 e. The lowest BCUT2D eigenvalue weighted by Gasteiger charge is -2.20. The maximum atomic E-state index is 13.4. The van der Waals surface area contributed by atoms with Crippen molar-refractivity contribution in [3.63, 3.8) is 0 Å². The molecule has 2 heterocycles. The van der Waals surface area contributed by atoms with Crippen LogP contribution in [0.5, 0.6) is 5.75 Å². The molecule has 2 aromatic carbocycles. The second kappa shape index (κ2) is 11.2. The number of thiazole rings is 1. The summed E-state index contributed by atoms with van der Waals surface area (Å²) in [6.45, 7) is 6.68. The van der Waals surface area contributed by atoms with Gasteiger partial charge < -0.3 is 4.74 Å². The van der Waals surface area contributed by atoms with Gasteiger partial charge >= 0.3 is 0 Å². The summed E-state index contributed by atoms with van der Waals surface area (Å²) >= 11 is 7.63. The van der Waals surface area contributed by atoms with E-state index in [-0.39, 0.29) is 29.4 Å². The highest BCUT2D eigenvalue weighted by atomic mass is 35.5. The predicted molar refractivity (Wildman–Crippen MR) is 148 cm³/mol. The summed E-state index contributed by atoms with van der Waals surface area (Å²) < 4.78 is 33.4. The molecule has 0 saturated carbocycles. The van der Waals surface area contributed by atoms with Gasteiger partial charge in [0.05, 0.1) is 40.2 Å². The highest BCUT2D eigenvalue weighted by Crippen LogP contribution is 2.33. The lowest BCUT2D eigenvalue weighted by atomic mass is 10.2. The fourth-order valence-electron chi connectivity index (χ4n) is 4.13. The van der Waals surface area contributed by atoms with E-state index < -0.39 is 9.84 Å². The summed E-state index contributed by atoms with van der Waals surface area (Å²) in [6, 6.07) is 11.9. The average molecular weight is 561 g/mol. The van der Waals surface area contributed by atoms with E-state index >= 15 is 0 Å². The van der Waals surface area contributed by atoms with Crippen LogP contribution in [0.25, 0.3) is 10.2 Å². The number of rotatable bonds is 10. The molecular formula is C26H29ClN4O4S2. The molecule has 0 N–H and O–H groups in total. The van der Waals surface area contributed by atoms with Gasteiger partial charge in [0, 0.05) is 23.7 Å². The number of nitrogens with zero attached hydrogens (tertiary/aromatic N) is 4. The number of hydrogen-bond acceptors (Lipinski definition) is 7. The molecule has 4 rings (SSSR count). The molecule has 0 aliphatic rings. The molecule has 2 aromatic heterocycles. The Balaban J connectivity index is 1.52. The van der Waals surface area contributed by atoms with Crippen LogP contribution in [0.4, 0.5) is 5.13 Å². The summed E-state index contributed by atoms with van der Waals surface area (Å²) in [4.78, 5) is 20.0. The Morgan fingerprint density at radius 2 is 1.86 bits per heavy atom. The summed E-state index contributed by atoms with van der Waals surface area (Å²) in [5, 5.41) is 5.68. The normalized spacial score (nSPS) is 11.7. The van der Waals surface area contributed by atoms with Crippen LogP contribution in [-0.4, -0.2) is 48.5 Å². The van der Waals surface area contributed by atoms with E-state index in [4.69, 9.17) is 21.3 Å². The number of halogens is 1. The zero-order valence-electron chi connectivity index (χ0n) is 21.2. The molecule has 0 saturated heterocycles. The molecule has 0 aliphatic heterocycles.